The lowest BCUT2D eigenvalue weighted by Gasteiger charge is -2.13. The Balaban J connectivity index is 1.95. The van der Waals surface area contributed by atoms with Gasteiger partial charge in [0.05, 0.1) is 11.6 Å². The number of carbonyl (C=O) groups excluding carboxylic acids is 1. The maximum atomic E-state index is 11.3. The van der Waals surface area contributed by atoms with Gasteiger partial charge in [-0.3, -0.25) is 4.79 Å². The van der Waals surface area contributed by atoms with Gasteiger partial charge in [-0.2, -0.15) is 0 Å². The Morgan fingerprint density at radius 1 is 1.38 bits per heavy atom. The fourth-order valence-corrected chi connectivity index (χ4v) is 3.94. The first-order valence-corrected chi connectivity index (χ1v) is 8.88. The number of halogens is 1. The number of rotatable bonds is 6. The van der Waals surface area contributed by atoms with Crippen LogP contribution in [0.3, 0.4) is 0 Å². The van der Waals surface area contributed by atoms with Crippen molar-refractivity contribution in [2.45, 2.75) is 37.5 Å². The summed E-state index contributed by atoms with van der Waals surface area (Å²) in [5, 5.41) is 4.25. The predicted octanol–water partition coefficient (Wildman–Crippen LogP) is 3.46. The maximum Gasteiger partial charge on any atom is 0.305 e. The molecule has 0 aliphatic carbocycles. The third-order valence-corrected chi connectivity index (χ3v) is 5.18. The summed E-state index contributed by atoms with van der Waals surface area (Å²) in [7, 11) is 0. The molecule has 0 amide bonds. The van der Waals surface area contributed by atoms with Gasteiger partial charge < -0.3 is 10.1 Å². The molecule has 1 aromatic carbocycles. The van der Waals surface area contributed by atoms with E-state index in [0.717, 1.165) is 43.1 Å². The largest absolute Gasteiger partial charge is 0.466 e. The van der Waals surface area contributed by atoms with Crippen molar-refractivity contribution in [3.8, 4) is 0 Å². The number of thioether (sulfide) groups is 1. The first-order chi connectivity index (χ1) is 10.2. The average molecular weight is 328 g/mol. The minimum absolute atomic E-state index is 0.111. The van der Waals surface area contributed by atoms with Gasteiger partial charge in [0, 0.05) is 11.3 Å². The number of benzene rings is 1. The molecule has 21 heavy (non-hydrogen) atoms. The van der Waals surface area contributed by atoms with Gasteiger partial charge >= 0.3 is 5.97 Å². The van der Waals surface area contributed by atoms with Crippen molar-refractivity contribution >= 4 is 29.3 Å². The highest BCUT2D eigenvalue weighted by Gasteiger charge is 2.15. The van der Waals surface area contributed by atoms with Gasteiger partial charge in [0.25, 0.3) is 0 Å². The van der Waals surface area contributed by atoms with Crippen LogP contribution in [-0.2, 0) is 22.4 Å². The second kappa shape index (κ2) is 8.66. The van der Waals surface area contributed by atoms with E-state index >= 15 is 0 Å². The normalized spacial score (nSPS) is 14.4. The van der Waals surface area contributed by atoms with Gasteiger partial charge in [0.1, 0.15) is 0 Å². The summed E-state index contributed by atoms with van der Waals surface area (Å²) in [4.78, 5) is 12.5. The molecule has 116 valence electrons. The van der Waals surface area contributed by atoms with Gasteiger partial charge in [0.15, 0.2) is 0 Å². The number of carbonyl (C=O) groups is 1. The maximum absolute atomic E-state index is 11.3. The van der Waals surface area contributed by atoms with E-state index in [1.54, 1.807) is 11.8 Å². The number of fused-ring (bicyclic) bond motifs is 1. The van der Waals surface area contributed by atoms with Gasteiger partial charge in [-0.25, -0.2) is 0 Å². The summed E-state index contributed by atoms with van der Waals surface area (Å²) in [6.07, 6.45) is 3.38. The molecular weight excluding hydrogens is 306 g/mol. The highest BCUT2D eigenvalue weighted by molar-refractivity contribution is 7.99. The molecule has 0 bridgehead atoms. The van der Waals surface area contributed by atoms with Crippen molar-refractivity contribution < 1.29 is 9.53 Å². The Labute approximate surface area is 135 Å². The molecule has 2 rings (SSSR count). The van der Waals surface area contributed by atoms with Gasteiger partial charge in [-0.15, -0.1) is 11.8 Å². The minimum atomic E-state index is -0.111. The third-order valence-electron chi connectivity index (χ3n) is 3.51. The van der Waals surface area contributed by atoms with Crippen LogP contribution in [0.1, 0.15) is 30.9 Å². The highest BCUT2D eigenvalue weighted by Crippen LogP contribution is 2.34. The molecule has 3 nitrogen and oxygen atoms in total. The van der Waals surface area contributed by atoms with Crippen LogP contribution >= 0.6 is 23.4 Å². The van der Waals surface area contributed by atoms with Crippen LogP contribution in [0.15, 0.2) is 17.0 Å². The van der Waals surface area contributed by atoms with Crippen LogP contribution in [0.2, 0.25) is 5.02 Å². The molecule has 0 unspecified atom stereocenters. The minimum Gasteiger partial charge on any atom is -0.466 e. The standard InChI is InChI=1S/C16H22ClNO2S/c1-2-20-15(19)4-3-11-21-16-13-8-10-18-9-7-12(13)5-6-14(16)17/h5-6,18H,2-4,7-11H2,1H3. The second-order valence-corrected chi connectivity index (χ2v) is 6.53. The number of hydrogen-bond acceptors (Lipinski definition) is 4. The first kappa shape index (κ1) is 16.7. The Morgan fingerprint density at radius 3 is 3.00 bits per heavy atom. The van der Waals surface area contributed by atoms with E-state index in [1.165, 1.54) is 16.0 Å². The van der Waals surface area contributed by atoms with Crippen LogP contribution in [0.25, 0.3) is 0 Å². The summed E-state index contributed by atoms with van der Waals surface area (Å²) in [6.45, 7) is 4.32. The average Bonchev–Trinajstić information content (AvgIpc) is 2.71. The van der Waals surface area contributed by atoms with E-state index in [-0.39, 0.29) is 5.97 Å². The van der Waals surface area contributed by atoms with E-state index in [9.17, 15) is 4.79 Å². The van der Waals surface area contributed by atoms with Crippen molar-refractivity contribution in [2.75, 3.05) is 25.4 Å². The zero-order valence-corrected chi connectivity index (χ0v) is 14.0. The molecule has 5 heteroatoms. The number of nitrogens with one attached hydrogen (secondary N) is 1. The van der Waals surface area contributed by atoms with Gasteiger partial charge in [0.2, 0.25) is 0 Å². The SMILES string of the molecule is CCOC(=O)CCCSc1c(Cl)ccc2c1CCNCC2. The number of hydrogen-bond donors (Lipinski definition) is 1. The molecule has 1 aromatic rings. The Kier molecular flexibility index (Phi) is 6.87. The molecule has 0 fully saturated rings. The first-order valence-electron chi connectivity index (χ1n) is 7.51. The Bertz CT molecular complexity index is 493. The van der Waals surface area contributed by atoms with E-state index < -0.39 is 0 Å². The number of esters is 1. The Morgan fingerprint density at radius 2 is 2.19 bits per heavy atom. The van der Waals surface area contributed by atoms with Crippen molar-refractivity contribution in [2.24, 2.45) is 0 Å². The molecule has 0 saturated heterocycles. The zero-order valence-electron chi connectivity index (χ0n) is 12.4. The summed E-state index contributed by atoms with van der Waals surface area (Å²) in [6, 6.07) is 4.15. The van der Waals surface area contributed by atoms with E-state index in [2.05, 4.69) is 11.4 Å². The van der Waals surface area contributed by atoms with Crippen LogP contribution in [0.4, 0.5) is 0 Å². The summed E-state index contributed by atoms with van der Waals surface area (Å²) in [5.74, 6) is 0.780. The zero-order chi connectivity index (χ0) is 15.1. The fourth-order valence-electron chi connectivity index (χ4n) is 2.49. The monoisotopic (exact) mass is 327 g/mol. The third kappa shape index (κ3) is 4.90. The molecule has 1 heterocycles. The summed E-state index contributed by atoms with van der Waals surface area (Å²) < 4.78 is 4.94. The molecule has 1 aliphatic rings. The summed E-state index contributed by atoms with van der Waals surface area (Å²) >= 11 is 8.14. The topological polar surface area (TPSA) is 38.3 Å². The quantitative estimate of drug-likeness (QED) is 0.493. The molecule has 0 aromatic heterocycles. The lowest BCUT2D eigenvalue weighted by Crippen LogP contribution is -2.16. The molecule has 0 spiro atoms. The van der Waals surface area contributed by atoms with E-state index in [4.69, 9.17) is 16.3 Å². The summed E-state index contributed by atoms with van der Waals surface area (Å²) in [5.41, 5.74) is 2.78. The van der Waals surface area contributed by atoms with Crippen LogP contribution in [0.5, 0.6) is 0 Å². The number of ether oxygens (including phenoxy) is 1. The van der Waals surface area contributed by atoms with Crippen molar-refractivity contribution in [3.05, 3.63) is 28.3 Å². The predicted molar refractivity (Wildman–Crippen MR) is 88.3 cm³/mol. The lowest BCUT2D eigenvalue weighted by molar-refractivity contribution is -0.143. The van der Waals surface area contributed by atoms with Crippen molar-refractivity contribution in [1.82, 2.24) is 5.32 Å². The molecule has 1 N–H and O–H groups in total. The van der Waals surface area contributed by atoms with E-state index in [1.807, 2.05) is 13.0 Å². The van der Waals surface area contributed by atoms with Crippen LogP contribution in [0, 0.1) is 0 Å². The van der Waals surface area contributed by atoms with Crippen molar-refractivity contribution in [3.63, 3.8) is 0 Å². The molecular formula is C16H22ClNO2S. The van der Waals surface area contributed by atoms with Crippen molar-refractivity contribution in [1.29, 1.82) is 0 Å². The van der Waals surface area contributed by atoms with Gasteiger partial charge in [-0.05, 0) is 62.2 Å². The fraction of sp³-hybridized carbons (Fsp3) is 0.562. The molecule has 0 radical (unpaired) electrons. The molecule has 1 aliphatic heterocycles. The lowest BCUT2D eigenvalue weighted by atomic mass is 10.0. The van der Waals surface area contributed by atoms with Gasteiger partial charge in [-0.1, -0.05) is 17.7 Å². The second-order valence-electron chi connectivity index (χ2n) is 5.02. The molecule has 0 saturated carbocycles. The van der Waals surface area contributed by atoms with Crippen LogP contribution in [-0.4, -0.2) is 31.4 Å². The highest BCUT2D eigenvalue weighted by atomic mass is 35.5. The Hall–Kier alpha value is -0.710. The molecule has 0 atom stereocenters. The van der Waals surface area contributed by atoms with Crippen LogP contribution < -0.4 is 5.32 Å². The van der Waals surface area contributed by atoms with E-state index in [0.29, 0.717) is 13.0 Å². The smallest absolute Gasteiger partial charge is 0.305 e.